The van der Waals surface area contributed by atoms with Crippen LogP contribution < -0.4 is 5.32 Å². The molecule has 2 heterocycles. The number of H-pyrrole nitrogens is 1. The summed E-state index contributed by atoms with van der Waals surface area (Å²) in [6, 6.07) is 8.25. The van der Waals surface area contributed by atoms with Crippen LogP contribution in [0.15, 0.2) is 42.7 Å². The van der Waals surface area contributed by atoms with Crippen molar-refractivity contribution in [3.05, 3.63) is 75.0 Å². The van der Waals surface area contributed by atoms with Crippen LogP contribution in [0.1, 0.15) is 27.9 Å². The number of aryl methyl sites for hydroxylation is 1. The maximum Gasteiger partial charge on any atom is 0.268 e. The monoisotopic (exact) mass is 382 g/mol. The summed E-state index contributed by atoms with van der Waals surface area (Å²) in [6.07, 6.45) is 3.49. The van der Waals surface area contributed by atoms with Crippen molar-refractivity contribution in [1.82, 2.24) is 19.9 Å². The number of aromatic amines is 1. The van der Waals surface area contributed by atoms with Crippen LogP contribution in [0, 0.1) is 0 Å². The molecule has 2 aromatic heterocycles. The lowest BCUT2D eigenvalue weighted by Crippen LogP contribution is -2.31. The van der Waals surface area contributed by atoms with E-state index < -0.39 is 6.04 Å². The molecule has 1 aromatic carbocycles. The zero-order valence-electron chi connectivity index (χ0n) is 12.6. The largest absolute Gasteiger partial charge is 0.340 e. The van der Waals surface area contributed by atoms with Crippen molar-refractivity contribution >= 4 is 40.7 Å². The lowest BCUT2D eigenvalue weighted by molar-refractivity contribution is 0.0936. The predicted octanol–water partition coefficient (Wildman–Crippen LogP) is 4.23. The molecule has 0 aliphatic carbocycles. The third-order valence-electron chi connectivity index (χ3n) is 3.57. The number of nitrogens with one attached hydrogen (secondary N) is 2. The van der Waals surface area contributed by atoms with Crippen molar-refractivity contribution < 1.29 is 4.79 Å². The molecule has 0 saturated heterocycles. The van der Waals surface area contributed by atoms with E-state index in [-0.39, 0.29) is 16.8 Å². The SMILES string of the molecule is Cn1ccnc1[C@@H](NC(=O)c1cc(Cl)c(Cl)[nH]1)c1ccc(Cl)cc1. The summed E-state index contributed by atoms with van der Waals surface area (Å²) in [5.74, 6) is 0.348. The Morgan fingerprint density at radius 1 is 1.25 bits per heavy atom. The minimum atomic E-state index is -0.449. The molecule has 0 aliphatic rings. The minimum absolute atomic E-state index is 0.224. The number of halogens is 3. The number of nitrogens with zero attached hydrogens (tertiary/aromatic N) is 2. The molecule has 3 rings (SSSR count). The molecule has 0 radical (unpaired) electrons. The van der Waals surface area contributed by atoms with Gasteiger partial charge in [-0.2, -0.15) is 0 Å². The van der Waals surface area contributed by atoms with Gasteiger partial charge in [0, 0.05) is 24.5 Å². The van der Waals surface area contributed by atoms with Gasteiger partial charge in [-0.1, -0.05) is 46.9 Å². The van der Waals surface area contributed by atoms with Gasteiger partial charge >= 0.3 is 0 Å². The van der Waals surface area contributed by atoms with E-state index in [0.717, 1.165) is 5.56 Å². The Bertz CT molecular complexity index is 850. The van der Waals surface area contributed by atoms with Crippen molar-refractivity contribution in [2.45, 2.75) is 6.04 Å². The standard InChI is InChI=1S/C16H13Cl3N4O/c1-23-7-6-20-15(23)13(9-2-4-10(17)5-3-9)22-16(24)12-8-11(18)14(19)21-12/h2-8,13,21H,1H3,(H,22,24)/t13-/m0/s1. The number of benzene rings is 1. The fourth-order valence-electron chi connectivity index (χ4n) is 2.34. The van der Waals surface area contributed by atoms with Gasteiger partial charge in [0.25, 0.3) is 5.91 Å². The average molecular weight is 384 g/mol. The van der Waals surface area contributed by atoms with Gasteiger partial charge in [-0.05, 0) is 23.8 Å². The van der Waals surface area contributed by atoms with Crippen LogP contribution in [0.2, 0.25) is 15.2 Å². The highest BCUT2D eigenvalue weighted by Crippen LogP contribution is 2.25. The second kappa shape index (κ2) is 6.89. The maximum absolute atomic E-state index is 12.5. The van der Waals surface area contributed by atoms with Gasteiger partial charge in [0.05, 0.1) is 5.02 Å². The summed E-state index contributed by atoms with van der Waals surface area (Å²) < 4.78 is 1.84. The van der Waals surface area contributed by atoms with Crippen LogP contribution in [-0.4, -0.2) is 20.4 Å². The number of imidazole rings is 1. The van der Waals surface area contributed by atoms with Gasteiger partial charge in [-0.15, -0.1) is 0 Å². The molecule has 0 saturated carbocycles. The van der Waals surface area contributed by atoms with E-state index in [4.69, 9.17) is 34.8 Å². The van der Waals surface area contributed by atoms with Crippen molar-refractivity contribution in [2.24, 2.45) is 7.05 Å². The van der Waals surface area contributed by atoms with Gasteiger partial charge in [0.15, 0.2) is 0 Å². The second-order valence-electron chi connectivity index (χ2n) is 5.20. The zero-order chi connectivity index (χ0) is 17.3. The number of aromatic nitrogens is 3. The van der Waals surface area contributed by atoms with Gasteiger partial charge in [0.2, 0.25) is 0 Å². The van der Waals surface area contributed by atoms with E-state index in [9.17, 15) is 4.79 Å². The fraction of sp³-hybridized carbons (Fsp3) is 0.125. The molecule has 0 spiro atoms. The molecule has 5 nitrogen and oxygen atoms in total. The van der Waals surface area contributed by atoms with Crippen LogP contribution in [0.25, 0.3) is 0 Å². The predicted molar refractivity (Wildman–Crippen MR) is 94.8 cm³/mol. The first-order valence-electron chi connectivity index (χ1n) is 7.03. The summed E-state index contributed by atoms with van der Waals surface area (Å²) in [6.45, 7) is 0. The summed E-state index contributed by atoms with van der Waals surface area (Å²) in [5, 5.41) is 4.07. The molecule has 1 amide bonds. The summed E-state index contributed by atoms with van der Waals surface area (Å²) in [7, 11) is 1.86. The number of carbonyl (C=O) groups excluding carboxylic acids is 1. The van der Waals surface area contributed by atoms with E-state index >= 15 is 0 Å². The molecule has 0 aliphatic heterocycles. The number of amides is 1. The Labute approximate surface area is 153 Å². The molecule has 124 valence electrons. The molecule has 2 N–H and O–H groups in total. The third kappa shape index (κ3) is 3.43. The van der Waals surface area contributed by atoms with E-state index in [1.54, 1.807) is 18.3 Å². The van der Waals surface area contributed by atoms with Gasteiger partial charge in [0.1, 0.15) is 22.7 Å². The highest BCUT2D eigenvalue weighted by Gasteiger charge is 2.22. The maximum atomic E-state index is 12.5. The summed E-state index contributed by atoms with van der Waals surface area (Å²) in [5.41, 5.74) is 1.13. The number of rotatable bonds is 4. The molecule has 0 bridgehead atoms. The Balaban J connectivity index is 1.94. The minimum Gasteiger partial charge on any atom is -0.340 e. The first-order valence-corrected chi connectivity index (χ1v) is 8.16. The summed E-state index contributed by atoms with van der Waals surface area (Å²) in [4.78, 5) is 19.6. The van der Waals surface area contributed by atoms with E-state index in [0.29, 0.717) is 15.9 Å². The highest BCUT2D eigenvalue weighted by molar-refractivity contribution is 6.41. The van der Waals surface area contributed by atoms with Gasteiger partial charge in [-0.25, -0.2) is 4.98 Å². The average Bonchev–Trinajstić information content (AvgIpc) is 3.12. The van der Waals surface area contributed by atoms with Crippen LogP contribution in [0.4, 0.5) is 0 Å². The molecule has 0 fully saturated rings. The molecule has 0 unspecified atom stereocenters. The highest BCUT2D eigenvalue weighted by atomic mass is 35.5. The summed E-state index contributed by atoms with van der Waals surface area (Å²) >= 11 is 17.7. The molecular formula is C16H13Cl3N4O. The zero-order valence-corrected chi connectivity index (χ0v) is 14.8. The Morgan fingerprint density at radius 2 is 1.96 bits per heavy atom. The van der Waals surface area contributed by atoms with Gasteiger partial charge in [-0.3, -0.25) is 4.79 Å². The Hall–Kier alpha value is -1.95. The second-order valence-corrected chi connectivity index (χ2v) is 6.42. The van der Waals surface area contributed by atoms with Crippen LogP contribution in [0.5, 0.6) is 0 Å². The van der Waals surface area contributed by atoms with Crippen molar-refractivity contribution in [2.75, 3.05) is 0 Å². The van der Waals surface area contributed by atoms with Crippen LogP contribution in [0.3, 0.4) is 0 Å². The third-order valence-corrected chi connectivity index (χ3v) is 4.51. The van der Waals surface area contributed by atoms with Crippen LogP contribution in [-0.2, 0) is 7.05 Å². The van der Waals surface area contributed by atoms with Crippen molar-refractivity contribution in [3.63, 3.8) is 0 Å². The fourth-order valence-corrected chi connectivity index (χ4v) is 2.78. The van der Waals surface area contributed by atoms with Crippen molar-refractivity contribution in [3.8, 4) is 0 Å². The molecular weight excluding hydrogens is 371 g/mol. The quantitative estimate of drug-likeness (QED) is 0.708. The lowest BCUT2D eigenvalue weighted by Gasteiger charge is -2.19. The lowest BCUT2D eigenvalue weighted by atomic mass is 10.1. The first-order chi connectivity index (χ1) is 11.5. The Kier molecular flexibility index (Phi) is 4.85. The molecule has 1 atom stereocenters. The Morgan fingerprint density at radius 3 is 2.50 bits per heavy atom. The van der Waals surface area contributed by atoms with Gasteiger partial charge < -0.3 is 14.9 Å². The van der Waals surface area contributed by atoms with E-state index in [1.165, 1.54) is 6.07 Å². The van der Waals surface area contributed by atoms with Crippen molar-refractivity contribution in [1.29, 1.82) is 0 Å². The van der Waals surface area contributed by atoms with E-state index in [1.807, 2.05) is 29.9 Å². The molecule has 8 heteroatoms. The topological polar surface area (TPSA) is 62.7 Å². The number of hydrogen-bond donors (Lipinski definition) is 2. The number of hydrogen-bond acceptors (Lipinski definition) is 2. The normalized spacial score (nSPS) is 12.2. The molecule has 3 aromatic rings. The smallest absolute Gasteiger partial charge is 0.268 e. The number of carbonyl (C=O) groups is 1. The van der Waals surface area contributed by atoms with Crippen LogP contribution >= 0.6 is 34.8 Å². The first kappa shape index (κ1) is 16.9. The van der Waals surface area contributed by atoms with E-state index in [2.05, 4.69) is 15.3 Å². The molecule has 24 heavy (non-hydrogen) atoms.